The third kappa shape index (κ3) is 3.32. The summed E-state index contributed by atoms with van der Waals surface area (Å²) in [6.45, 7) is 8.98. The van der Waals surface area contributed by atoms with Gasteiger partial charge in [0.2, 0.25) is 0 Å². The number of anilines is 2. The summed E-state index contributed by atoms with van der Waals surface area (Å²) < 4.78 is 1.99. The third-order valence-corrected chi connectivity index (χ3v) is 3.39. The normalized spacial score (nSPS) is 11.5. The van der Waals surface area contributed by atoms with E-state index < -0.39 is 0 Å². The molecule has 0 atom stereocenters. The zero-order chi connectivity index (χ0) is 15.6. The molecular weight excluding hydrogens is 264 g/mol. The van der Waals surface area contributed by atoms with Gasteiger partial charge in [-0.3, -0.25) is 0 Å². The van der Waals surface area contributed by atoms with Crippen LogP contribution in [0.15, 0.2) is 12.4 Å². The Kier molecular flexibility index (Phi) is 4.16. The minimum Gasteiger partial charge on any atom is -0.373 e. The summed E-state index contributed by atoms with van der Waals surface area (Å²) in [5.74, 6) is 3.50. The molecule has 0 amide bonds. The van der Waals surface area contributed by atoms with Crippen molar-refractivity contribution in [3.05, 3.63) is 29.6 Å². The lowest BCUT2D eigenvalue weighted by Gasteiger charge is -2.20. The molecule has 0 aliphatic heterocycles. The lowest BCUT2D eigenvalue weighted by molar-refractivity contribution is 0.546. The van der Waals surface area contributed by atoms with Crippen LogP contribution in [0.5, 0.6) is 0 Å². The van der Waals surface area contributed by atoms with Crippen molar-refractivity contribution in [2.24, 2.45) is 7.05 Å². The van der Waals surface area contributed by atoms with Crippen molar-refractivity contribution in [2.45, 2.75) is 39.7 Å². The van der Waals surface area contributed by atoms with E-state index >= 15 is 0 Å². The molecule has 2 rings (SSSR count). The van der Waals surface area contributed by atoms with Gasteiger partial charge in [0, 0.05) is 37.5 Å². The van der Waals surface area contributed by atoms with Crippen LogP contribution in [0.25, 0.3) is 0 Å². The Bertz CT molecular complexity index is 624. The fourth-order valence-electron chi connectivity index (χ4n) is 2.00. The van der Waals surface area contributed by atoms with Crippen LogP contribution in [0.4, 0.5) is 11.6 Å². The highest BCUT2D eigenvalue weighted by Gasteiger charge is 2.20. The van der Waals surface area contributed by atoms with Crippen molar-refractivity contribution in [1.29, 1.82) is 0 Å². The Morgan fingerprint density at radius 2 is 1.86 bits per heavy atom. The summed E-state index contributed by atoms with van der Waals surface area (Å²) in [6.07, 6.45) is 3.73. The summed E-state index contributed by atoms with van der Waals surface area (Å²) in [6, 6.07) is 0. The third-order valence-electron chi connectivity index (χ3n) is 3.39. The van der Waals surface area contributed by atoms with E-state index in [0.717, 1.165) is 28.8 Å². The number of aromatic nitrogens is 4. The first-order valence-corrected chi connectivity index (χ1v) is 7.10. The Morgan fingerprint density at radius 1 is 1.19 bits per heavy atom. The first-order chi connectivity index (χ1) is 9.82. The van der Waals surface area contributed by atoms with Gasteiger partial charge in [0.25, 0.3) is 0 Å². The van der Waals surface area contributed by atoms with E-state index in [1.54, 1.807) is 6.20 Å². The number of hydrogen-bond acceptors (Lipinski definition) is 5. The quantitative estimate of drug-likeness (QED) is 0.904. The van der Waals surface area contributed by atoms with E-state index in [1.807, 2.05) is 31.8 Å². The zero-order valence-corrected chi connectivity index (χ0v) is 13.7. The first-order valence-electron chi connectivity index (χ1n) is 7.10. The number of aryl methyl sites for hydroxylation is 1. The summed E-state index contributed by atoms with van der Waals surface area (Å²) in [4.78, 5) is 13.6. The second-order valence-electron chi connectivity index (χ2n) is 6.18. The van der Waals surface area contributed by atoms with Crippen LogP contribution in [0.1, 0.15) is 38.0 Å². The molecule has 6 nitrogen and oxygen atoms in total. The van der Waals surface area contributed by atoms with E-state index in [-0.39, 0.29) is 5.41 Å². The molecule has 2 aromatic rings. The molecule has 2 heterocycles. The standard InChI is InChI=1S/C15H24N6/c1-10-12(16-5)19-14(15(2,3)4)20-13(10)18-9-11-17-7-8-21(11)6/h7-8H,9H2,1-6H3,(H2,16,18,19,20). The average molecular weight is 288 g/mol. The van der Waals surface area contributed by atoms with E-state index in [4.69, 9.17) is 0 Å². The lowest BCUT2D eigenvalue weighted by Crippen LogP contribution is -2.19. The summed E-state index contributed by atoms with van der Waals surface area (Å²) in [5.41, 5.74) is 0.915. The fourth-order valence-corrected chi connectivity index (χ4v) is 2.00. The van der Waals surface area contributed by atoms with Crippen LogP contribution in [-0.4, -0.2) is 26.6 Å². The van der Waals surface area contributed by atoms with Gasteiger partial charge in [-0.05, 0) is 6.92 Å². The number of imidazole rings is 1. The number of rotatable bonds is 4. The number of nitrogens with one attached hydrogen (secondary N) is 2. The number of hydrogen-bond donors (Lipinski definition) is 2. The second kappa shape index (κ2) is 5.71. The monoisotopic (exact) mass is 288 g/mol. The highest BCUT2D eigenvalue weighted by molar-refractivity contribution is 5.57. The topological polar surface area (TPSA) is 67.7 Å². The van der Waals surface area contributed by atoms with Gasteiger partial charge in [0.05, 0.1) is 6.54 Å². The maximum atomic E-state index is 4.68. The second-order valence-corrected chi connectivity index (χ2v) is 6.18. The van der Waals surface area contributed by atoms with E-state index in [1.165, 1.54) is 0 Å². The molecule has 2 aromatic heterocycles. The molecule has 2 N–H and O–H groups in total. The van der Waals surface area contributed by atoms with Crippen LogP contribution < -0.4 is 10.6 Å². The van der Waals surface area contributed by atoms with Gasteiger partial charge in [-0.1, -0.05) is 20.8 Å². The van der Waals surface area contributed by atoms with Gasteiger partial charge in [-0.15, -0.1) is 0 Å². The largest absolute Gasteiger partial charge is 0.373 e. The molecular formula is C15H24N6. The number of nitrogens with zero attached hydrogens (tertiary/aromatic N) is 4. The minimum absolute atomic E-state index is 0.0983. The smallest absolute Gasteiger partial charge is 0.138 e. The average Bonchev–Trinajstić information content (AvgIpc) is 2.82. The molecule has 21 heavy (non-hydrogen) atoms. The van der Waals surface area contributed by atoms with E-state index in [0.29, 0.717) is 6.54 Å². The molecule has 6 heteroatoms. The zero-order valence-electron chi connectivity index (χ0n) is 13.7. The maximum Gasteiger partial charge on any atom is 0.138 e. The van der Waals surface area contributed by atoms with Crippen molar-refractivity contribution in [2.75, 3.05) is 17.7 Å². The van der Waals surface area contributed by atoms with Crippen LogP contribution in [0, 0.1) is 6.92 Å². The molecule has 114 valence electrons. The van der Waals surface area contributed by atoms with Gasteiger partial charge >= 0.3 is 0 Å². The molecule has 0 aliphatic rings. The SMILES string of the molecule is CNc1nc(C(C)(C)C)nc(NCc2nccn2C)c1C. The van der Waals surface area contributed by atoms with Crippen molar-refractivity contribution in [3.63, 3.8) is 0 Å². The first kappa shape index (κ1) is 15.3. The predicted octanol–water partition coefficient (Wildman–Crippen LogP) is 2.47. The Hall–Kier alpha value is -2.11. The summed E-state index contributed by atoms with van der Waals surface area (Å²) in [7, 11) is 3.86. The van der Waals surface area contributed by atoms with Gasteiger partial charge in [0.15, 0.2) is 0 Å². The van der Waals surface area contributed by atoms with Crippen LogP contribution in [-0.2, 0) is 19.0 Å². The predicted molar refractivity (Wildman–Crippen MR) is 85.6 cm³/mol. The highest BCUT2D eigenvalue weighted by atomic mass is 15.1. The van der Waals surface area contributed by atoms with E-state index in [9.17, 15) is 0 Å². The van der Waals surface area contributed by atoms with Gasteiger partial charge in [-0.25, -0.2) is 15.0 Å². The Morgan fingerprint density at radius 3 is 2.38 bits per heavy atom. The van der Waals surface area contributed by atoms with E-state index in [2.05, 4.69) is 46.4 Å². The summed E-state index contributed by atoms with van der Waals surface area (Å²) >= 11 is 0. The molecule has 0 radical (unpaired) electrons. The maximum absolute atomic E-state index is 4.68. The minimum atomic E-state index is -0.0983. The molecule has 0 fully saturated rings. The Balaban J connectivity index is 2.31. The highest BCUT2D eigenvalue weighted by Crippen LogP contribution is 2.26. The van der Waals surface area contributed by atoms with Crippen LogP contribution in [0.3, 0.4) is 0 Å². The van der Waals surface area contributed by atoms with Crippen LogP contribution in [0.2, 0.25) is 0 Å². The summed E-state index contributed by atoms with van der Waals surface area (Å²) in [5, 5.41) is 6.51. The van der Waals surface area contributed by atoms with Gasteiger partial charge in [-0.2, -0.15) is 0 Å². The molecule has 0 saturated carbocycles. The molecule has 0 unspecified atom stereocenters. The molecule has 0 aromatic carbocycles. The van der Waals surface area contributed by atoms with Crippen molar-refractivity contribution in [1.82, 2.24) is 19.5 Å². The molecule has 0 spiro atoms. The molecule has 0 bridgehead atoms. The lowest BCUT2D eigenvalue weighted by atomic mass is 9.95. The van der Waals surface area contributed by atoms with Gasteiger partial charge < -0.3 is 15.2 Å². The molecule has 0 saturated heterocycles. The fraction of sp³-hybridized carbons (Fsp3) is 0.533. The Labute approximate surface area is 126 Å². The van der Waals surface area contributed by atoms with Crippen LogP contribution >= 0.6 is 0 Å². The van der Waals surface area contributed by atoms with Crippen molar-refractivity contribution < 1.29 is 0 Å². The van der Waals surface area contributed by atoms with Crippen molar-refractivity contribution in [3.8, 4) is 0 Å². The van der Waals surface area contributed by atoms with Crippen molar-refractivity contribution >= 4 is 11.6 Å². The molecule has 0 aliphatic carbocycles. The van der Waals surface area contributed by atoms with Gasteiger partial charge in [0.1, 0.15) is 23.3 Å².